The Morgan fingerprint density at radius 1 is 1.33 bits per heavy atom. The average Bonchev–Trinajstić information content (AvgIpc) is 2.76. The molecule has 0 radical (unpaired) electrons. The fraction of sp³-hybridized carbons (Fsp3) is 0.308. The van der Waals surface area contributed by atoms with E-state index in [1.54, 1.807) is 12.3 Å². The Hall–Kier alpha value is -1.03. The molecule has 0 saturated heterocycles. The molecule has 1 aromatic carbocycles. The van der Waals surface area contributed by atoms with E-state index in [1.807, 2.05) is 29.9 Å². The maximum Gasteiger partial charge on any atom is 0.0763 e. The van der Waals surface area contributed by atoms with Gasteiger partial charge in [-0.1, -0.05) is 42.3 Å². The van der Waals surface area contributed by atoms with Crippen LogP contribution in [0, 0.1) is 0 Å². The number of hydrogen-bond donors (Lipinski definition) is 1. The largest absolute Gasteiger partial charge is 0.305 e. The van der Waals surface area contributed by atoms with E-state index in [0.717, 1.165) is 17.8 Å². The number of aromatic nitrogens is 2. The summed E-state index contributed by atoms with van der Waals surface area (Å²) < 4.78 is 1.84. The van der Waals surface area contributed by atoms with Crippen molar-refractivity contribution in [3.63, 3.8) is 0 Å². The summed E-state index contributed by atoms with van der Waals surface area (Å²) in [5.41, 5.74) is 2.02. The lowest BCUT2D eigenvalue weighted by atomic mass is 10.0. The monoisotopic (exact) mass is 283 g/mol. The number of nitrogens with zero attached hydrogens (tertiary/aromatic N) is 2. The number of rotatable bonds is 4. The molecule has 1 aromatic heterocycles. The highest BCUT2D eigenvalue weighted by molar-refractivity contribution is 6.42. The van der Waals surface area contributed by atoms with Gasteiger partial charge in [0, 0.05) is 13.2 Å². The van der Waals surface area contributed by atoms with Crippen LogP contribution >= 0.6 is 23.2 Å². The third-order valence-corrected chi connectivity index (χ3v) is 3.69. The number of halogens is 2. The minimum absolute atomic E-state index is 0.00583. The van der Waals surface area contributed by atoms with Crippen LogP contribution in [0.5, 0.6) is 0 Å². The molecule has 0 aliphatic heterocycles. The predicted octanol–water partition coefficient (Wildman–Crippen LogP) is 3.43. The Bertz CT molecular complexity index is 537. The van der Waals surface area contributed by atoms with Crippen molar-refractivity contribution in [3.8, 4) is 0 Å². The van der Waals surface area contributed by atoms with Gasteiger partial charge in [0.25, 0.3) is 0 Å². The third kappa shape index (κ3) is 2.53. The lowest BCUT2D eigenvalue weighted by Gasteiger charge is -2.20. The molecule has 2 aromatic rings. The highest BCUT2D eigenvalue weighted by Gasteiger charge is 2.19. The van der Waals surface area contributed by atoms with Crippen molar-refractivity contribution in [2.75, 3.05) is 6.54 Å². The van der Waals surface area contributed by atoms with Crippen LogP contribution in [-0.4, -0.2) is 16.3 Å². The summed E-state index contributed by atoms with van der Waals surface area (Å²) in [7, 11) is 1.91. The molecule has 3 nitrogen and oxygen atoms in total. The quantitative estimate of drug-likeness (QED) is 0.932. The number of benzene rings is 1. The molecule has 1 atom stereocenters. The standard InChI is InChI=1S/C13H15Cl2N3/c1-3-16-13(11-7-8-17-18(11)2)9-5-4-6-10(14)12(9)15/h4-8,13,16H,3H2,1-2H3. The zero-order chi connectivity index (χ0) is 13.1. The molecule has 0 bridgehead atoms. The van der Waals surface area contributed by atoms with E-state index in [4.69, 9.17) is 23.2 Å². The summed E-state index contributed by atoms with van der Waals surface area (Å²) in [5.74, 6) is 0. The molecule has 1 N–H and O–H groups in total. The lowest BCUT2D eigenvalue weighted by molar-refractivity contribution is 0.573. The minimum atomic E-state index is -0.00583. The van der Waals surface area contributed by atoms with E-state index in [2.05, 4.69) is 17.3 Å². The van der Waals surface area contributed by atoms with Crippen LogP contribution in [0.3, 0.4) is 0 Å². The van der Waals surface area contributed by atoms with E-state index >= 15 is 0 Å². The highest BCUT2D eigenvalue weighted by atomic mass is 35.5. The van der Waals surface area contributed by atoms with Gasteiger partial charge in [0.2, 0.25) is 0 Å². The molecule has 0 saturated carbocycles. The van der Waals surface area contributed by atoms with Gasteiger partial charge >= 0.3 is 0 Å². The predicted molar refractivity (Wildman–Crippen MR) is 75.2 cm³/mol. The maximum atomic E-state index is 6.29. The first-order valence-corrected chi connectivity index (χ1v) is 6.56. The zero-order valence-corrected chi connectivity index (χ0v) is 11.8. The van der Waals surface area contributed by atoms with Crippen LogP contribution in [0.4, 0.5) is 0 Å². The van der Waals surface area contributed by atoms with Gasteiger partial charge in [0.15, 0.2) is 0 Å². The summed E-state index contributed by atoms with van der Waals surface area (Å²) in [6, 6.07) is 7.65. The number of aryl methyl sites for hydroxylation is 1. The second-order valence-corrected chi connectivity index (χ2v) is 4.80. The zero-order valence-electron chi connectivity index (χ0n) is 10.3. The SMILES string of the molecule is CCNC(c1cccc(Cl)c1Cl)c1ccnn1C. The van der Waals surface area contributed by atoms with Crippen molar-refractivity contribution >= 4 is 23.2 Å². The van der Waals surface area contributed by atoms with Gasteiger partial charge in [-0.25, -0.2) is 0 Å². The van der Waals surface area contributed by atoms with Crippen molar-refractivity contribution in [1.82, 2.24) is 15.1 Å². The van der Waals surface area contributed by atoms with Crippen LogP contribution in [-0.2, 0) is 7.05 Å². The van der Waals surface area contributed by atoms with Gasteiger partial charge in [-0.2, -0.15) is 5.10 Å². The van der Waals surface area contributed by atoms with Crippen LogP contribution in [0.2, 0.25) is 10.0 Å². The van der Waals surface area contributed by atoms with E-state index in [0.29, 0.717) is 10.0 Å². The summed E-state index contributed by atoms with van der Waals surface area (Å²) >= 11 is 12.4. The molecule has 2 rings (SSSR count). The van der Waals surface area contributed by atoms with Gasteiger partial charge in [-0.3, -0.25) is 4.68 Å². The van der Waals surface area contributed by atoms with Crippen LogP contribution < -0.4 is 5.32 Å². The Morgan fingerprint density at radius 3 is 2.72 bits per heavy atom. The molecular weight excluding hydrogens is 269 g/mol. The topological polar surface area (TPSA) is 29.9 Å². The van der Waals surface area contributed by atoms with Gasteiger partial charge in [0.05, 0.1) is 21.8 Å². The molecule has 1 heterocycles. The Balaban J connectivity index is 2.48. The molecule has 0 aliphatic carbocycles. The van der Waals surface area contributed by atoms with Gasteiger partial charge in [0.1, 0.15) is 0 Å². The Labute approximate surface area is 117 Å². The molecule has 0 spiro atoms. The van der Waals surface area contributed by atoms with Crippen molar-refractivity contribution in [2.45, 2.75) is 13.0 Å². The van der Waals surface area contributed by atoms with Crippen molar-refractivity contribution in [3.05, 3.63) is 51.8 Å². The maximum absolute atomic E-state index is 6.29. The second kappa shape index (κ2) is 5.74. The molecule has 0 fully saturated rings. The van der Waals surface area contributed by atoms with E-state index in [1.165, 1.54) is 0 Å². The molecule has 5 heteroatoms. The van der Waals surface area contributed by atoms with Crippen LogP contribution in [0.1, 0.15) is 24.2 Å². The van der Waals surface area contributed by atoms with Crippen molar-refractivity contribution in [2.24, 2.45) is 7.05 Å². The Kier molecular flexibility index (Phi) is 4.27. The lowest BCUT2D eigenvalue weighted by Crippen LogP contribution is -2.24. The molecule has 0 amide bonds. The van der Waals surface area contributed by atoms with Crippen molar-refractivity contribution < 1.29 is 0 Å². The normalized spacial score (nSPS) is 12.7. The first-order valence-electron chi connectivity index (χ1n) is 5.80. The fourth-order valence-electron chi connectivity index (χ4n) is 1.99. The van der Waals surface area contributed by atoms with Gasteiger partial charge < -0.3 is 5.32 Å². The van der Waals surface area contributed by atoms with E-state index in [-0.39, 0.29) is 6.04 Å². The number of nitrogens with one attached hydrogen (secondary N) is 1. The number of hydrogen-bond acceptors (Lipinski definition) is 2. The molecule has 96 valence electrons. The van der Waals surface area contributed by atoms with Gasteiger partial charge in [-0.05, 0) is 24.2 Å². The summed E-state index contributed by atoms with van der Waals surface area (Å²) in [4.78, 5) is 0. The van der Waals surface area contributed by atoms with Crippen LogP contribution in [0.25, 0.3) is 0 Å². The average molecular weight is 284 g/mol. The van der Waals surface area contributed by atoms with Crippen molar-refractivity contribution in [1.29, 1.82) is 0 Å². The van der Waals surface area contributed by atoms with Gasteiger partial charge in [-0.15, -0.1) is 0 Å². The smallest absolute Gasteiger partial charge is 0.0763 e. The second-order valence-electron chi connectivity index (χ2n) is 4.01. The van der Waals surface area contributed by atoms with E-state index < -0.39 is 0 Å². The summed E-state index contributed by atoms with van der Waals surface area (Å²) in [6.07, 6.45) is 1.78. The molecule has 0 aliphatic rings. The summed E-state index contributed by atoms with van der Waals surface area (Å²) in [5, 5.41) is 8.76. The molecular formula is C13H15Cl2N3. The first kappa shape index (κ1) is 13.4. The fourth-order valence-corrected chi connectivity index (χ4v) is 2.41. The minimum Gasteiger partial charge on any atom is -0.305 e. The Morgan fingerprint density at radius 2 is 2.11 bits per heavy atom. The molecule has 1 unspecified atom stereocenters. The van der Waals surface area contributed by atoms with Crippen LogP contribution in [0.15, 0.2) is 30.5 Å². The first-order chi connectivity index (χ1) is 8.65. The van der Waals surface area contributed by atoms with E-state index in [9.17, 15) is 0 Å². The summed E-state index contributed by atoms with van der Waals surface area (Å²) in [6.45, 7) is 2.89. The molecule has 18 heavy (non-hydrogen) atoms. The third-order valence-electron chi connectivity index (χ3n) is 2.86. The highest BCUT2D eigenvalue weighted by Crippen LogP contribution is 2.32.